The van der Waals surface area contributed by atoms with Crippen LogP contribution in [0.5, 0.6) is 0 Å². The van der Waals surface area contributed by atoms with Crippen LogP contribution in [0.1, 0.15) is 24.1 Å². The standard InChI is InChI=1S/C12H18N4O/c1-9-11(7-13)12(16(2)15-9)14-5-6-17-8-10-3-4-10/h10,14H,3-6,8H2,1-2H3. The summed E-state index contributed by atoms with van der Waals surface area (Å²) in [6.45, 7) is 4.09. The van der Waals surface area contributed by atoms with Gasteiger partial charge in [0, 0.05) is 20.2 Å². The summed E-state index contributed by atoms with van der Waals surface area (Å²) in [5, 5.41) is 16.4. The maximum atomic E-state index is 9.02. The van der Waals surface area contributed by atoms with Crippen LogP contribution in [-0.2, 0) is 11.8 Å². The van der Waals surface area contributed by atoms with E-state index < -0.39 is 0 Å². The van der Waals surface area contributed by atoms with Gasteiger partial charge in [-0.05, 0) is 25.7 Å². The monoisotopic (exact) mass is 234 g/mol. The molecular formula is C12H18N4O. The van der Waals surface area contributed by atoms with Gasteiger partial charge >= 0.3 is 0 Å². The maximum Gasteiger partial charge on any atom is 0.142 e. The molecule has 92 valence electrons. The molecule has 2 rings (SSSR count). The van der Waals surface area contributed by atoms with Crippen LogP contribution in [0.2, 0.25) is 0 Å². The van der Waals surface area contributed by atoms with Crippen molar-refractivity contribution in [3.05, 3.63) is 11.3 Å². The van der Waals surface area contributed by atoms with Crippen molar-refractivity contribution < 1.29 is 4.74 Å². The molecule has 5 nitrogen and oxygen atoms in total. The third-order valence-corrected chi connectivity index (χ3v) is 2.92. The Balaban J connectivity index is 1.79. The molecule has 5 heteroatoms. The number of aromatic nitrogens is 2. The molecule has 1 heterocycles. The molecule has 0 aliphatic heterocycles. The molecule has 0 aromatic carbocycles. The van der Waals surface area contributed by atoms with E-state index >= 15 is 0 Å². The highest BCUT2D eigenvalue weighted by atomic mass is 16.5. The van der Waals surface area contributed by atoms with Gasteiger partial charge in [0.05, 0.1) is 12.3 Å². The van der Waals surface area contributed by atoms with Crippen molar-refractivity contribution in [1.29, 1.82) is 5.26 Å². The van der Waals surface area contributed by atoms with Crippen LogP contribution >= 0.6 is 0 Å². The Morgan fingerprint density at radius 1 is 1.59 bits per heavy atom. The number of nitrogens with one attached hydrogen (secondary N) is 1. The average molecular weight is 234 g/mol. The topological polar surface area (TPSA) is 62.9 Å². The van der Waals surface area contributed by atoms with Crippen molar-refractivity contribution in [1.82, 2.24) is 9.78 Å². The predicted molar refractivity (Wildman–Crippen MR) is 64.7 cm³/mol. The highest BCUT2D eigenvalue weighted by Gasteiger charge is 2.20. The fourth-order valence-electron chi connectivity index (χ4n) is 1.77. The van der Waals surface area contributed by atoms with Gasteiger partial charge < -0.3 is 10.1 Å². The van der Waals surface area contributed by atoms with Crippen molar-refractivity contribution >= 4 is 5.82 Å². The van der Waals surface area contributed by atoms with Crippen LogP contribution in [-0.4, -0.2) is 29.5 Å². The molecule has 0 amide bonds. The molecule has 1 saturated carbocycles. The molecule has 0 unspecified atom stereocenters. The first-order chi connectivity index (χ1) is 8.22. The molecular weight excluding hydrogens is 216 g/mol. The molecule has 1 aromatic rings. The first-order valence-electron chi connectivity index (χ1n) is 5.97. The lowest BCUT2D eigenvalue weighted by Crippen LogP contribution is -2.13. The number of nitriles is 1. The van der Waals surface area contributed by atoms with Crippen LogP contribution in [0, 0.1) is 24.2 Å². The van der Waals surface area contributed by atoms with Crippen molar-refractivity contribution in [2.45, 2.75) is 19.8 Å². The average Bonchev–Trinajstić information content (AvgIpc) is 3.06. The zero-order valence-electron chi connectivity index (χ0n) is 10.4. The normalized spacial score (nSPS) is 14.6. The van der Waals surface area contributed by atoms with E-state index in [4.69, 9.17) is 10.00 Å². The fraction of sp³-hybridized carbons (Fsp3) is 0.667. The van der Waals surface area contributed by atoms with Gasteiger partial charge in [-0.15, -0.1) is 0 Å². The Morgan fingerprint density at radius 3 is 3.00 bits per heavy atom. The summed E-state index contributed by atoms with van der Waals surface area (Å²) < 4.78 is 7.23. The minimum atomic E-state index is 0.620. The second-order valence-corrected chi connectivity index (χ2v) is 4.49. The smallest absolute Gasteiger partial charge is 0.142 e. The van der Waals surface area contributed by atoms with Crippen molar-refractivity contribution in [2.24, 2.45) is 13.0 Å². The van der Waals surface area contributed by atoms with Gasteiger partial charge in [-0.3, -0.25) is 4.68 Å². The second kappa shape index (κ2) is 5.19. The van der Waals surface area contributed by atoms with Gasteiger partial charge in [0.2, 0.25) is 0 Å². The molecule has 0 radical (unpaired) electrons. The highest BCUT2D eigenvalue weighted by molar-refractivity contribution is 5.54. The van der Waals surface area contributed by atoms with E-state index in [1.165, 1.54) is 12.8 Å². The van der Waals surface area contributed by atoms with Crippen molar-refractivity contribution in [3.63, 3.8) is 0 Å². The number of anilines is 1. The first-order valence-corrected chi connectivity index (χ1v) is 5.97. The van der Waals surface area contributed by atoms with E-state index in [-0.39, 0.29) is 0 Å². The van der Waals surface area contributed by atoms with Gasteiger partial charge in [0.25, 0.3) is 0 Å². The summed E-state index contributed by atoms with van der Waals surface area (Å²) in [5.41, 5.74) is 1.38. The molecule has 1 aliphatic carbocycles. The van der Waals surface area contributed by atoms with Gasteiger partial charge in [0.1, 0.15) is 17.5 Å². The number of hydrogen-bond acceptors (Lipinski definition) is 4. The zero-order valence-corrected chi connectivity index (χ0v) is 10.4. The number of ether oxygens (including phenoxy) is 1. The Bertz CT molecular complexity index is 428. The third kappa shape index (κ3) is 2.98. The maximum absolute atomic E-state index is 9.02. The summed E-state index contributed by atoms with van der Waals surface area (Å²) in [6, 6.07) is 2.17. The third-order valence-electron chi connectivity index (χ3n) is 2.92. The Kier molecular flexibility index (Phi) is 3.64. The Hall–Kier alpha value is -1.54. The summed E-state index contributed by atoms with van der Waals surface area (Å²) >= 11 is 0. The summed E-state index contributed by atoms with van der Waals surface area (Å²) in [6.07, 6.45) is 2.62. The highest BCUT2D eigenvalue weighted by Crippen LogP contribution is 2.28. The lowest BCUT2D eigenvalue weighted by molar-refractivity contribution is 0.134. The van der Waals surface area contributed by atoms with Gasteiger partial charge in [-0.25, -0.2) is 0 Å². The van der Waals surface area contributed by atoms with Crippen LogP contribution in [0.25, 0.3) is 0 Å². The van der Waals surface area contributed by atoms with Gasteiger partial charge in [0.15, 0.2) is 0 Å². The molecule has 0 atom stereocenters. The van der Waals surface area contributed by atoms with E-state index in [9.17, 15) is 0 Å². The molecule has 17 heavy (non-hydrogen) atoms. The lowest BCUT2D eigenvalue weighted by atomic mass is 10.2. The van der Waals surface area contributed by atoms with Crippen LogP contribution in [0.3, 0.4) is 0 Å². The number of rotatable bonds is 6. The second-order valence-electron chi connectivity index (χ2n) is 4.49. The minimum Gasteiger partial charge on any atom is -0.379 e. The number of aryl methyl sites for hydroxylation is 2. The van der Waals surface area contributed by atoms with Gasteiger partial charge in [-0.2, -0.15) is 10.4 Å². The molecule has 1 N–H and O–H groups in total. The van der Waals surface area contributed by atoms with E-state index in [1.807, 2.05) is 14.0 Å². The zero-order chi connectivity index (χ0) is 12.3. The molecule has 1 aliphatic rings. The fourth-order valence-corrected chi connectivity index (χ4v) is 1.77. The molecule has 0 spiro atoms. The largest absolute Gasteiger partial charge is 0.379 e. The Morgan fingerprint density at radius 2 is 2.35 bits per heavy atom. The van der Waals surface area contributed by atoms with Crippen molar-refractivity contribution in [3.8, 4) is 6.07 Å². The molecule has 0 saturated heterocycles. The summed E-state index contributed by atoms with van der Waals surface area (Å²) in [4.78, 5) is 0. The van der Waals surface area contributed by atoms with Crippen LogP contribution in [0.4, 0.5) is 5.82 Å². The quantitative estimate of drug-likeness (QED) is 0.756. The Labute approximate surface area is 101 Å². The number of nitrogens with zero attached hydrogens (tertiary/aromatic N) is 3. The summed E-state index contributed by atoms with van der Waals surface area (Å²) in [5.74, 6) is 1.57. The SMILES string of the molecule is Cc1nn(C)c(NCCOCC2CC2)c1C#N. The van der Waals surface area contributed by atoms with Gasteiger partial charge in [-0.1, -0.05) is 0 Å². The van der Waals surface area contributed by atoms with E-state index in [0.29, 0.717) is 18.7 Å². The van der Waals surface area contributed by atoms with Crippen molar-refractivity contribution in [2.75, 3.05) is 25.1 Å². The molecule has 1 fully saturated rings. The van der Waals surface area contributed by atoms with Crippen LogP contribution in [0.15, 0.2) is 0 Å². The lowest BCUT2D eigenvalue weighted by Gasteiger charge is -2.07. The molecule has 0 bridgehead atoms. The van der Waals surface area contributed by atoms with E-state index in [0.717, 1.165) is 24.0 Å². The first kappa shape index (κ1) is 11.9. The predicted octanol–water partition coefficient (Wildman–Crippen LogP) is 1.44. The van der Waals surface area contributed by atoms with E-state index in [2.05, 4.69) is 16.5 Å². The summed E-state index contributed by atoms with van der Waals surface area (Å²) in [7, 11) is 1.83. The van der Waals surface area contributed by atoms with Crippen LogP contribution < -0.4 is 5.32 Å². The van der Waals surface area contributed by atoms with E-state index in [1.54, 1.807) is 4.68 Å². The number of hydrogen-bond donors (Lipinski definition) is 1. The minimum absolute atomic E-state index is 0.620. The molecule has 1 aromatic heterocycles.